The molecular weight excluding hydrogens is 1270 g/mol. The number of hydrogen-bond donors (Lipinski definition) is 2. The van der Waals surface area contributed by atoms with Crippen LogP contribution >= 0.6 is 0 Å². The van der Waals surface area contributed by atoms with Crippen molar-refractivity contribution >= 4 is 41.1 Å². The molecule has 6 aromatic carbocycles. The molecule has 98 heavy (non-hydrogen) atoms. The van der Waals surface area contributed by atoms with Gasteiger partial charge in [0.1, 0.15) is 30.9 Å². The van der Waals surface area contributed by atoms with Gasteiger partial charge in [-0.1, -0.05) is 91.3 Å². The van der Waals surface area contributed by atoms with Crippen molar-refractivity contribution in [3.63, 3.8) is 0 Å². The minimum Gasteiger partial charge on any atom is -0.446 e. The number of piperidine rings is 3. The Morgan fingerprint density at radius 1 is 0.673 bits per heavy atom. The summed E-state index contributed by atoms with van der Waals surface area (Å²) in [6.45, 7) is 5.52. The molecule has 1 spiro atoms. The second-order valence-electron chi connectivity index (χ2n) is 26.6. The molecule has 4 heterocycles. The summed E-state index contributed by atoms with van der Waals surface area (Å²) in [7, 11) is 3.66. The monoisotopic (exact) mass is 1360 g/mol. The van der Waals surface area contributed by atoms with Crippen molar-refractivity contribution in [3.8, 4) is 11.1 Å². The van der Waals surface area contributed by atoms with Crippen molar-refractivity contribution in [3.05, 3.63) is 190 Å². The van der Waals surface area contributed by atoms with Gasteiger partial charge in [-0.3, -0.25) is 24.5 Å². The number of likely N-dealkylation sites (tertiary alicyclic amines) is 3. The van der Waals surface area contributed by atoms with Crippen LogP contribution in [0.3, 0.4) is 0 Å². The predicted molar refractivity (Wildman–Crippen MR) is 358 cm³/mol. The van der Waals surface area contributed by atoms with Crippen LogP contribution in [-0.4, -0.2) is 177 Å². The van der Waals surface area contributed by atoms with Crippen LogP contribution in [0.25, 0.3) is 11.1 Å². The van der Waals surface area contributed by atoms with E-state index >= 15 is 0 Å². The van der Waals surface area contributed by atoms with E-state index in [1.807, 2.05) is 103 Å². The third-order valence-corrected chi connectivity index (χ3v) is 20.4. The van der Waals surface area contributed by atoms with Gasteiger partial charge in [-0.2, -0.15) is 26.3 Å². The number of unbranched alkanes of at least 4 members (excludes halogenated alkanes) is 2. The van der Waals surface area contributed by atoms with Gasteiger partial charge in [0, 0.05) is 107 Å². The van der Waals surface area contributed by atoms with Gasteiger partial charge in [0.2, 0.25) is 11.8 Å². The van der Waals surface area contributed by atoms with Gasteiger partial charge in [-0.25, -0.2) is 9.18 Å². The fourth-order valence-corrected chi connectivity index (χ4v) is 14.6. The number of carbonyl (C=O) groups is 5. The first kappa shape index (κ1) is 70.9. The summed E-state index contributed by atoms with van der Waals surface area (Å²) in [5.41, 5.74) is 1.27. The molecule has 16 nitrogen and oxygen atoms in total. The molecule has 2 N–H and O–H groups in total. The zero-order valence-electron chi connectivity index (χ0n) is 55.4. The third-order valence-electron chi connectivity index (χ3n) is 20.4. The van der Waals surface area contributed by atoms with Crippen molar-refractivity contribution in [1.29, 1.82) is 0 Å². The normalized spacial score (nSPS) is 19.3. The highest BCUT2D eigenvalue weighted by Gasteiger charge is 2.51. The molecule has 0 unspecified atom stereocenters. The molecule has 4 fully saturated rings. The molecule has 1 aliphatic carbocycles. The molecule has 0 aromatic heterocycles. The predicted octanol–water partition coefficient (Wildman–Crippen LogP) is 13.1. The van der Waals surface area contributed by atoms with Crippen molar-refractivity contribution in [2.75, 3.05) is 110 Å². The molecule has 0 bridgehead atoms. The SMILES string of the molecule is CN(CCN1CCC(OC(=O)Nc2ccccc2-c2ccccc2)CC1)C(=O)CCCCCNc1ccc(C(=O)N(C)C2CCN(C(=O)CO[C@H]3Cc4ccccc4C34CCN(CC[C@@]3(c5ccc(F)cc5)CN(C(=O)c5cc(C(F)(F)F)cc(C(F)(F)F)c5)CO3)CC4)CC2)cc1. The number of halogens is 7. The fraction of sp³-hybridized carbons (Fsp3) is 0.453. The minimum atomic E-state index is -5.15. The Hall–Kier alpha value is -8.38. The molecule has 0 radical (unpaired) electrons. The van der Waals surface area contributed by atoms with Crippen molar-refractivity contribution in [1.82, 2.24) is 29.4 Å². The number of alkyl halides is 6. The summed E-state index contributed by atoms with van der Waals surface area (Å²) < 4.78 is 116. The van der Waals surface area contributed by atoms with E-state index in [2.05, 4.69) is 32.6 Å². The molecule has 4 aliphatic heterocycles. The maximum atomic E-state index is 14.3. The quantitative estimate of drug-likeness (QED) is 0.0465. The number of likely N-dealkylation sites (N-methyl/N-ethyl adjacent to an activating group) is 1. The number of ether oxygens (including phenoxy) is 3. The average molecular weight is 1360 g/mol. The smallest absolute Gasteiger partial charge is 0.416 e. The zero-order chi connectivity index (χ0) is 69.2. The number of benzene rings is 6. The molecule has 2 atom stereocenters. The van der Waals surface area contributed by atoms with Crippen LogP contribution in [0.1, 0.15) is 119 Å². The summed E-state index contributed by atoms with van der Waals surface area (Å²) in [5, 5.41) is 6.37. The van der Waals surface area contributed by atoms with Gasteiger partial charge in [0.25, 0.3) is 11.8 Å². The Morgan fingerprint density at radius 3 is 2.02 bits per heavy atom. The number of anilines is 2. The number of carbonyl (C=O) groups excluding carboxylic acids is 5. The maximum absolute atomic E-state index is 14.3. The fourth-order valence-electron chi connectivity index (χ4n) is 14.6. The maximum Gasteiger partial charge on any atom is 0.416 e. The Balaban J connectivity index is 0.574. The molecule has 522 valence electrons. The van der Waals surface area contributed by atoms with Gasteiger partial charge in [-0.15, -0.1) is 0 Å². The van der Waals surface area contributed by atoms with E-state index in [0.29, 0.717) is 107 Å². The number of hydrogen-bond acceptors (Lipinski definition) is 11. The Labute approximate surface area is 567 Å². The minimum absolute atomic E-state index is 0.0258. The largest absolute Gasteiger partial charge is 0.446 e. The van der Waals surface area contributed by atoms with Crippen LogP contribution in [0.5, 0.6) is 0 Å². The van der Waals surface area contributed by atoms with Crippen LogP contribution in [0.15, 0.2) is 146 Å². The Kier molecular flexibility index (Phi) is 22.6. The van der Waals surface area contributed by atoms with Gasteiger partial charge in [-0.05, 0) is 160 Å². The molecule has 6 aromatic rings. The topological polar surface area (TPSA) is 157 Å². The lowest BCUT2D eigenvalue weighted by molar-refractivity contribution is -0.143. The van der Waals surface area contributed by atoms with Crippen LogP contribution in [-0.2, 0) is 53.6 Å². The summed E-state index contributed by atoms with van der Waals surface area (Å²) in [6, 6.07) is 39.4. The van der Waals surface area contributed by atoms with Gasteiger partial charge in [0.15, 0.2) is 0 Å². The van der Waals surface area contributed by atoms with Crippen LogP contribution < -0.4 is 10.6 Å². The van der Waals surface area contributed by atoms with Crippen LogP contribution in [0.4, 0.5) is 46.9 Å². The average Bonchev–Trinajstić information content (AvgIpc) is 1.56. The lowest BCUT2D eigenvalue weighted by Crippen LogP contribution is -2.51. The first-order valence-electron chi connectivity index (χ1n) is 33.9. The molecule has 11 rings (SSSR count). The Bertz CT molecular complexity index is 3690. The van der Waals surface area contributed by atoms with E-state index < -0.39 is 64.6 Å². The first-order chi connectivity index (χ1) is 47.0. The van der Waals surface area contributed by atoms with Crippen LogP contribution in [0.2, 0.25) is 0 Å². The van der Waals surface area contributed by atoms with E-state index in [0.717, 1.165) is 85.6 Å². The van der Waals surface area contributed by atoms with Crippen molar-refractivity contribution in [2.24, 2.45) is 0 Å². The molecule has 5 aliphatic rings. The molecule has 5 amide bonds. The van der Waals surface area contributed by atoms with Gasteiger partial charge in [0.05, 0.1) is 29.5 Å². The number of amides is 5. The highest BCUT2D eigenvalue weighted by Crippen LogP contribution is 2.49. The summed E-state index contributed by atoms with van der Waals surface area (Å²) in [4.78, 5) is 78.3. The zero-order valence-corrected chi connectivity index (χ0v) is 55.4. The van der Waals surface area contributed by atoms with Crippen molar-refractivity contribution in [2.45, 2.75) is 119 Å². The lowest BCUT2D eigenvalue weighted by atomic mass is 9.72. The van der Waals surface area contributed by atoms with Crippen molar-refractivity contribution < 1.29 is 68.9 Å². The highest BCUT2D eigenvalue weighted by molar-refractivity contribution is 5.96. The van der Waals surface area contributed by atoms with E-state index in [9.17, 15) is 54.7 Å². The second-order valence-corrected chi connectivity index (χ2v) is 26.6. The van der Waals surface area contributed by atoms with E-state index in [1.54, 1.807) is 16.8 Å². The number of para-hydroxylation sites is 1. The van der Waals surface area contributed by atoms with E-state index in [4.69, 9.17) is 14.2 Å². The van der Waals surface area contributed by atoms with Gasteiger partial charge < -0.3 is 48.9 Å². The standard InChI is InChI=1S/C75H85F7N8O8/c1-85(43-44-87-36-30-62(31-37-87)98-71(95)84-65-18-11-9-16-63(65)52-13-5-3-6-14-52)67(91)19-7-4-12-35-83-60-26-20-53(21-27-60)69(93)86(2)61-28-38-89(39-29-61)68(92)49-96-66-47-54-15-8-10-17-64(54)72(66)32-40-88(41-33-72)42-34-73(56-22-24-59(76)25-23-56)50-90(51-97-73)70(94)55-45-57(74(77,78)79)48-58(46-55)75(80,81)82/h3,5-6,8-11,13-18,20-27,45-46,48,61-62,66,83H,4,7,12,19,28-44,47,49-51H2,1-2H3,(H,84,95)/t66-,73-/m0/s1. The molecule has 4 saturated heterocycles. The Morgan fingerprint density at radius 2 is 1.33 bits per heavy atom. The summed E-state index contributed by atoms with van der Waals surface area (Å²) >= 11 is 0. The van der Waals surface area contributed by atoms with E-state index in [1.165, 1.54) is 29.8 Å². The summed E-state index contributed by atoms with van der Waals surface area (Å²) in [6.07, 6.45) is -3.27. The highest BCUT2D eigenvalue weighted by atomic mass is 19.4. The van der Waals surface area contributed by atoms with E-state index in [-0.39, 0.29) is 61.6 Å². The van der Waals surface area contributed by atoms with Crippen LogP contribution in [0, 0.1) is 5.82 Å². The third kappa shape index (κ3) is 17.2. The number of nitrogens with one attached hydrogen (secondary N) is 2. The molecule has 23 heteroatoms. The first-order valence-corrected chi connectivity index (χ1v) is 33.9. The number of nitrogens with zero attached hydrogens (tertiary/aromatic N) is 6. The second kappa shape index (κ2) is 31.2. The van der Waals surface area contributed by atoms with Gasteiger partial charge >= 0.3 is 18.4 Å². The molecule has 0 saturated carbocycles. The lowest BCUT2D eigenvalue weighted by Gasteiger charge is -2.44. The number of rotatable bonds is 23. The number of fused-ring (bicyclic) bond motifs is 2. The molecular formula is C75H85F7N8O8. The summed E-state index contributed by atoms with van der Waals surface area (Å²) in [5.74, 6) is -1.70.